The van der Waals surface area contributed by atoms with Crippen LogP contribution < -0.4 is 0 Å². The topological polar surface area (TPSA) is 46.5 Å². The first-order valence-electron chi connectivity index (χ1n) is 7.75. The summed E-state index contributed by atoms with van der Waals surface area (Å²) in [5.41, 5.74) is 3.01. The van der Waals surface area contributed by atoms with Gasteiger partial charge in [-0.3, -0.25) is 0 Å². The van der Waals surface area contributed by atoms with E-state index in [1.165, 1.54) is 24.0 Å². The predicted octanol–water partition coefficient (Wildman–Crippen LogP) is 4.11. The molecule has 0 amide bonds. The molecule has 0 spiro atoms. The van der Waals surface area contributed by atoms with E-state index in [2.05, 4.69) is 0 Å². The first-order valence-corrected chi connectivity index (χ1v) is 7.75. The first-order chi connectivity index (χ1) is 10.7. The number of phenols is 1. The van der Waals surface area contributed by atoms with E-state index in [1.807, 2.05) is 36.4 Å². The van der Waals surface area contributed by atoms with Crippen LogP contribution in [0.5, 0.6) is 5.75 Å². The molecule has 3 rings (SSSR count). The summed E-state index contributed by atoms with van der Waals surface area (Å²) in [6.07, 6.45) is 2.45. The van der Waals surface area contributed by atoms with Gasteiger partial charge in [0.05, 0.1) is 12.2 Å². The molecule has 1 aliphatic carbocycles. The molecule has 3 heteroatoms. The van der Waals surface area contributed by atoms with Crippen molar-refractivity contribution in [2.75, 3.05) is 6.61 Å². The van der Waals surface area contributed by atoms with Gasteiger partial charge in [-0.05, 0) is 61.1 Å². The maximum atomic E-state index is 11.7. The van der Waals surface area contributed by atoms with Crippen LogP contribution in [0.1, 0.15) is 47.2 Å². The van der Waals surface area contributed by atoms with Crippen molar-refractivity contribution in [3.8, 4) is 5.75 Å². The summed E-state index contributed by atoms with van der Waals surface area (Å²) in [7, 11) is 0. The normalized spacial score (nSPS) is 15.3. The molecule has 2 aromatic rings. The van der Waals surface area contributed by atoms with Crippen molar-refractivity contribution in [1.29, 1.82) is 0 Å². The smallest absolute Gasteiger partial charge is 0.338 e. The summed E-state index contributed by atoms with van der Waals surface area (Å²) in [6.45, 7) is 2.19. The highest BCUT2D eigenvalue weighted by Gasteiger charge is 2.33. The second-order valence-electron chi connectivity index (χ2n) is 5.75. The van der Waals surface area contributed by atoms with E-state index in [1.54, 1.807) is 19.1 Å². The largest absolute Gasteiger partial charge is 0.508 e. The molecule has 2 aromatic carbocycles. The average molecular weight is 296 g/mol. The van der Waals surface area contributed by atoms with Crippen molar-refractivity contribution in [2.24, 2.45) is 5.92 Å². The predicted molar refractivity (Wildman–Crippen MR) is 85.1 cm³/mol. The van der Waals surface area contributed by atoms with Gasteiger partial charge in [0.2, 0.25) is 0 Å². The van der Waals surface area contributed by atoms with Crippen molar-refractivity contribution in [3.05, 3.63) is 65.2 Å². The van der Waals surface area contributed by atoms with Crippen LogP contribution in [0.2, 0.25) is 0 Å². The van der Waals surface area contributed by atoms with E-state index in [0.717, 1.165) is 0 Å². The highest BCUT2D eigenvalue weighted by Crippen LogP contribution is 2.46. The number of carbonyl (C=O) groups is 1. The van der Waals surface area contributed by atoms with Crippen molar-refractivity contribution in [3.63, 3.8) is 0 Å². The maximum Gasteiger partial charge on any atom is 0.338 e. The minimum Gasteiger partial charge on any atom is -0.508 e. The highest BCUT2D eigenvalue weighted by atomic mass is 16.5. The van der Waals surface area contributed by atoms with Crippen LogP contribution in [-0.4, -0.2) is 17.7 Å². The fourth-order valence-corrected chi connectivity index (χ4v) is 2.89. The molecule has 0 heterocycles. The number of phenolic OH excluding ortho intramolecular Hbond substituents is 1. The maximum absolute atomic E-state index is 11.7. The van der Waals surface area contributed by atoms with Crippen LogP contribution in [0.4, 0.5) is 0 Å². The standard InChI is InChI=1S/C19H20O3/c1-2-22-19(21)16-7-5-14(6-8-16)18(13-3-4-13)15-9-11-17(20)12-10-15/h5-13,18,20H,2-4H2,1H3. The quantitative estimate of drug-likeness (QED) is 0.845. The molecule has 22 heavy (non-hydrogen) atoms. The van der Waals surface area contributed by atoms with Gasteiger partial charge in [-0.1, -0.05) is 24.3 Å². The molecule has 1 saturated carbocycles. The monoisotopic (exact) mass is 296 g/mol. The van der Waals surface area contributed by atoms with Gasteiger partial charge in [0.25, 0.3) is 0 Å². The lowest BCUT2D eigenvalue weighted by molar-refractivity contribution is 0.0526. The summed E-state index contributed by atoms with van der Waals surface area (Å²) in [5, 5.41) is 9.46. The molecule has 1 N–H and O–H groups in total. The first kappa shape index (κ1) is 14.6. The molecule has 1 atom stereocenters. The number of rotatable bonds is 5. The number of aromatic hydroxyl groups is 1. The Morgan fingerprint density at radius 3 is 2.14 bits per heavy atom. The third-order valence-electron chi connectivity index (χ3n) is 4.13. The Labute approximate surface area is 130 Å². The van der Waals surface area contributed by atoms with E-state index >= 15 is 0 Å². The summed E-state index contributed by atoms with van der Waals surface area (Å²) in [5.74, 6) is 0.993. The molecule has 0 aromatic heterocycles. The molecule has 0 saturated heterocycles. The van der Waals surface area contributed by atoms with E-state index in [-0.39, 0.29) is 11.7 Å². The molecule has 1 aliphatic rings. The van der Waals surface area contributed by atoms with Gasteiger partial charge < -0.3 is 9.84 Å². The van der Waals surface area contributed by atoms with Crippen LogP contribution in [0.3, 0.4) is 0 Å². The number of esters is 1. The van der Waals surface area contributed by atoms with Crippen LogP contribution >= 0.6 is 0 Å². The van der Waals surface area contributed by atoms with E-state index in [4.69, 9.17) is 4.74 Å². The Kier molecular flexibility index (Phi) is 4.14. The van der Waals surface area contributed by atoms with Gasteiger partial charge in [0, 0.05) is 5.92 Å². The van der Waals surface area contributed by atoms with E-state index in [0.29, 0.717) is 24.0 Å². The lowest BCUT2D eigenvalue weighted by atomic mass is 9.87. The zero-order chi connectivity index (χ0) is 15.5. The molecule has 3 nitrogen and oxygen atoms in total. The second-order valence-corrected chi connectivity index (χ2v) is 5.75. The number of benzene rings is 2. The third-order valence-corrected chi connectivity index (χ3v) is 4.13. The second kappa shape index (κ2) is 6.22. The Balaban J connectivity index is 1.86. The number of ether oxygens (including phenoxy) is 1. The Bertz CT molecular complexity index is 639. The molecule has 114 valence electrons. The van der Waals surface area contributed by atoms with Gasteiger partial charge >= 0.3 is 5.97 Å². The molecule has 1 unspecified atom stereocenters. The zero-order valence-corrected chi connectivity index (χ0v) is 12.7. The summed E-state index contributed by atoms with van der Waals surface area (Å²) in [6, 6.07) is 15.1. The van der Waals surface area contributed by atoms with Crippen molar-refractivity contribution < 1.29 is 14.6 Å². The fraction of sp³-hybridized carbons (Fsp3) is 0.316. The fourth-order valence-electron chi connectivity index (χ4n) is 2.89. The third kappa shape index (κ3) is 3.14. The molecular weight excluding hydrogens is 276 g/mol. The average Bonchev–Trinajstić information content (AvgIpc) is 3.35. The zero-order valence-electron chi connectivity index (χ0n) is 12.7. The van der Waals surface area contributed by atoms with E-state index in [9.17, 15) is 9.90 Å². The summed E-state index contributed by atoms with van der Waals surface area (Å²) >= 11 is 0. The van der Waals surface area contributed by atoms with Gasteiger partial charge in [-0.25, -0.2) is 4.79 Å². The molecular formula is C19H20O3. The van der Waals surface area contributed by atoms with Gasteiger partial charge in [0.1, 0.15) is 5.75 Å². The van der Waals surface area contributed by atoms with Crippen LogP contribution in [-0.2, 0) is 4.74 Å². The highest BCUT2D eigenvalue weighted by molar-refractivity contribution is 5.89. The minimum atomic E-state index is -0.276. The van der Waals surface area contributed by atoms with E-state index < -0.39 is 0 Å². The lowest BCUT2D eigenvalue weighted by Gasteiger charge is -2.18. The number of carbonyl (C=O) groups excluding carboxylic acids is 1. The molecule has 1 fully saturated rings. The lowest BCUT2D eigenvalue weighted by Crippen LogP contribution is -2.07. The molecule has 0 aliphatic heterocycles. The van der Waals surface area contributed by atoms with Crippen molar-refractivity contribution >= 4 is 5.97 Å². The SMILES string of the molecule is CCOC(=O)c1ccc(C(c2ccc(O)cc2)C2CC2)cc1. The number of hydrogen-bond donors (Lipinski definition) is 1. The van der Waals surface area contributed by atoms with Crippen LogP contribution in [0.25, 0.3) is 0 Å². The van der Waals surface area contributed by atoms with Gasteiger partial charge in [0.15, 0.2) is 0 Å². The summed E-state index contributed by atoms with van der Waals surface area (Å²) in [4.78, 5) is 11.7. The van der Waals surface area contributed by atoms with Crippen LogP contribution in [0.15, 0.2) is 48.5 Å². The Morgan fingerprint density at radius 1 is 1.09 bits per heavy atom. The van der Waals surface area contributed by atoms with Crippen LogP contribution in [0, 0.1) is 5.92 Å². The summed E-state index contributed by atoms with van der Waals surface area (Å²) < 4.78 is 5.02. The number of hydrogen-bond acceptors (Lipinski definition) is 3. The van der Waals surface area contributed by atoms with Crippen molar-refractivity contribution in [2.45, 2.75) is 25.7 Å². The Hall–Kier alpha value is -2.29. The van der Waals surface area contributed by atoms with Gasteiger partial charge in [-0.15, -0.1) is 0 Å². The Morgan fingerprint density at radius 2 is 1.64 bits per heavy atom. The van der Waals surface area contributed by atoms with Gasteiger partial charge in [-0.2, -0.15) is 0 Å². The minimum absolute atomic E-state index is 0.276. The van der Waals surface area contributed by atoms with Crippen molar-refractivity contribution in [1.82, 2.24) is 0 Å². The molecule has 0 radical (unpaired) electrons. The molecule has 0 bridgehead atoms.